The fourth-order valence-corrected chi connectivity index (χ4v) is 4.74. The molecule has 5 rings (SSSR count). The second kappa shape index (κ2) is 8.33. The maximum atomic E-state index is 14.3. The molecule has 0 radical (unpaired) electrons. The van der Waals surface area contributed by atoms with E-state index in [0.29, 0.717) is 0 Å². The third-order valence-corrected chi connectivity index (χ3v) is 6.28. The summed E-state index contributed by atoms with van der Waals surface area (Å²) in [5.41, 5.74) is -1.86. The van der Waals surface area contributed by atoms with E-state index < -0.39 is 34.6 Å². The van der Waals surface area contributed by atoms with Crippen molar-refractivity contribution in [3.05, 3.63) is 64.2 Å². The summed E-state index contributed by atoms with van der Waals surface area (Å²) in [6, 6.07) is 6.80. The van der Waals surface area contributed by atoms with Gasteiger partial charge in [0.1, 0.15) is 11.5 Å². The van der Waals surface area contributed by atoms with Crippen LogP contribution in [0.3, 0.4) is 0 Å². The molecule has 180 valence electrons. The van der Waals surface area contributed by atoms with E-state index >= 15 is 0 Å². The van der Waals surface area contributed by atoms with Crippen molar-refractivity contribution in [3.8, 4) is 22.6 Å². The van der Waals surface area contributed by atoms with Gasteiger partial charge in [-0.2, -0.15) is 10.1 Å². The van der Waals surface area contributed by atoms with Gasteiger partial charge in [0.2, 0.25) is 5.91 Å². The minimum Gasteiger partial charge on any atom is -0.466 e. The molecule has 1 atom stereocenters. The van der Waals surface area contributed by atoms with Gasteiger partial charge < -0.3 is 4.74 Å². The van der Waals surface area contributed by atoms with Crippen LogP contribution in [0.25, 0.3) is 22.6 Å². The van der Waals surface area contributed by atoms with Gasteiger partial charge in [0.15, 0.2) is 23.2 Å². The van der Waals surface area contributed by atoms with Crippen LogP contribution in [0.5, 0.6) is 0 Å². The monoisotopic (exact) mass is 484 g/mol. The molecular formula is C24H19F3N4O4. The highest BCUT2D eigenvalue weighted by atomic mass is 19.2. The quantitative estimate of drug-likeness (QED) is 0.515. The third-order valence-electron chi connectivity index (χ3n) is 6.28. The number of hydrogen-bond acceptors (Lipinski definition) is 6. The molecule has 0 spiro atoms. The Bertz CT molecular complexity index is 1420. The van der Waals surface area contributed by atoms with Gasteiger partial charge in [-0.15, -0.1) is 0 Å². The van der Waals surface area contributed by atoms with Crippen LogP contribution >= 0.6 is 0 Å². The second-order valence-corrected chi connectivity index (χ2v) is 8.31. The first kappa shape index (κ1) is 22.8. The van der Waals surface area contributed by atoms with Crippen LogP contribution in [0.4, 0.5) is 18.9 Å². The number of esters is 1. The van der Waals surface area contributed by atoms with Gasteiger partial charge in [-0.25, -0.2) is 17.9 Å². The van der Waals surface area contributed by atoms with Gasteiger partial charge in [0.05, 0.1) is 12.3 Å². The summed E-state index contributed by atoms with van der Waals surface area (Å²) in [6.07, 6.45) is 0.149. The number of carbonyl (C=O) groups excluding carboxylic acids is 2. The van der Waals surface area contributed by atoms with Crippen LogP contribution in [-0.2, 0) is 20.0 Å². The fourth-order valence-electron chi connectivity index (χ4n) is 4.74. The zero-order valence-electron chi connectivity index (χ0n) is 18.6. The number of hydrogen-bond donors (Lipinski definition) is 0. The molecule has 0 N–H and O–H groups in total. The molecule has 1 saturated heterocycles. The van der Waals surface area contributed by atoms with Crippen molar-refractivity contribution in [2.75, 3.05) is 11.5 Å². The van der Waals surface area contributed by atoms with Crippen LogP contribution in [0.2, 0.25) is 0 Å². The summed E-state index contributed by atoms with van der Waals surface area (Å²) in [4.78, 5) is 43.6. The highest BCUT2D eigenvalue weighted by molar-refractivity contribution is 6.01. The molecule has 0 saturated carbocycles. The Morgan fingerprint density at radius 3 is 2.54 bits per heavy atom. The second-order valence-electron chi connectivity index (χ2n) is 8.31. The van der Waals surface area contributed by atoms with Crippen LogP contribution in [0, 0.1) is 17.5 Å². The Labute approximate surface area is 197 Å². The molecule has 0 bridgehead atoms. The zero-order chi connectivity index (χ0) is 24.9. The van der Waals surface area contributed by atoms with E-state index in [0.717, 1.165) is 24.3 Å². The van der Waals surface area contributed by atoms with E-state index in [1.165, 1.54) is 21.7 Å². The highest BCUT2D eigenvalue weighted by Crippen LogP contribution is 2.50. The summed E-state index contributed by atoms with van der Waals surface area (Å²) >= 11 is 0. The number of fused-ring (bicyclic) bond motifs is 6. The number of carbonyl (C=O) groups is 2. The number of rotatable bonds is 5. The normalized spacial score (nSPS) is 18.2. The zero-order valence-corrected chi connectivity index (χ0v) is 18.6. The Kier molecular flexibility index (Phi) is 5.42. The Hall–Kier alpha value is -4.02. The van der Waals surface area contributed by atoms with Crippen LogP contribution in [0.1, 0.15) is 32.6 Å². The van der Waals surface area contributed by atoms with Gasteiger partial charge >= 0.3 is 5.97 Å². The van der Waals surface area contributed by atoms with Crippen molar-refractivity contribution >= 4 is 17.6 Å². The van der Waals surface area contributed by atoms with Crippen LogP contribution in [-0.4, -0.2) is 33.2 Å². The largest absolute Gasteiger partial charge is 0.466 e. The number of aromatic nitrogens is 3. The maximum Gasteiger partial charge on any atom is 0.305 e. The topological polar surface area (TPSA) is 94.4 Å². The van der Waals surface area contributed by atoms with Crippen molar-refractivity contribution in [2.24, 2.45) is 0 Å². The molecule has 3 aromatic rings. The molecular weight excluding hydrogens is 465 g/mol. The average Bonchev–Trinajstić information content (AvgIpc) is 3.17. The van der Waals surface area contributed by atoms with E-state index in [-0.39, 0.29) is 66.5 Å². The van der Waals surface area contributed by atoms with Crippen molar-refractivity contribution < 1.29 is 27.5 Å². The molecule has 1 aromatic heterocycles. The van der Waals surface area contributed by atoms with Crippen LogP contribution in [0.15, 0.2) is 41.2 Å². The summed E-state index contributed by atoms with van der Waals surface area (Å²) in [5.74, 6) is -3.82. The predicted molar refractivity (Wildman–Crippen MR) is 118 cm³/mol. The number of nitrogens with zero attached hydrogens (tertiary/aromatic N) is 4. The third kappa shape index (κ3) is 3.58. The average molecular weight is 484 g/mol. The molecule has 11 heteroatoms. The molecule has 0 unspecified atom stereocenters. The van der Waals surface area contributed by atoms with Gasteiger partial charge in [-0.3, -0.25) is 19.3 Å². The Morgan fingerprint density at radius 1 is 1.11 bits per heavy atom. The lowest BCUT2D eigenvalue weighted by Gasteiger charge is -2.44. The predicted octanol–water partition coefficient (Wildman–Crippen LogP) is 3.53. The minimum absolute atomic E-state index is 0.0150. The molecule has 1 fully saturated rings. The van der Waals surface area contributed by atoms with E-state index in [1.54, 1.807) is 6.92 Å². The molecule has 1 amide bonds. The smallest absolute Gasteiger partial charge is 0.305 e. The Morgan fingerprint density at radius 2 is 1.83 bits per heavy atom. The van der Waals surface area contributed by atoms with Crippen LogP contribution < -0.4 is 10.5 Å². The van der Waals surface area contributed by atoms with E-state index in [2.05, 4.69) is 10.1 Å². The summed E-state index contributed by atoms with van der Waals surface area (Å²) < 4.78 is 48.4. The number of benzene rings is 2. The van der Waals surface area contributed by atoms with Crippen molar-refractivity contribution in [1.82, 2.24) is 14.8 Å². The lowest BCUT2D eigenvalue weighted by atomic mass is 9.95. The summed E-state index contributed by atoms with van der Waals surface area (Å²) in [6.45, 7) is 1.83. The van der Waals surface area contributed by atoms with Gasteiger partial charge in [-0.05, 0) is 37.3 Å². The first-order valence-corrected chi connectivity index (χ1v) is 11.0. The van der Waals surface area contributed by atoms with Gasteiger partial charge in [-0.1, -0.05) is 0 Å². The van der Waals surface area contributed by atoms with E-state index in [4.69, 9.17) is 4.74 Å². The first-order chi connectivity index (χ1) is 16.7. The Balaban J connectivity index is 1.77. The van der Waals surface area contributed by atoms with Gasteiger partial charge in [0.25, 0.3) is 5.56 Å². The summed E-state index contributed by atoms with van der Waals surface area (Å²) in [5, 5.41) is 4.49. The van der Waals surface area contributed by atoms with E-state index in [9.17, 15) is 27.6 Å². The molecule has 35 heavy (non-hydrogen) atoms. The molecule has 2 aromatic carbocycles. The summed E-state index contributed by atoms with van der Waals surface area (Å²) in [7, 11) is 0. The SMILES string of the molecule is CCOC(=O)CC[C@]12CCC(=O)N1c1cc(F)c(F)cc1-c1nc(=O)c(-c3ccc(F)cc3)nn12. The van der Waals surface area contributed by atoms with Crippen molar-refractivity contribution in [3.63, 3.8) is 0 Å². The lowest BCUT2D eigenvalue weighted by molar-refractivity contribution is -0.143. The molecule has 8 nitrogen and oxygen atoms in total. The number of anilines is 1. The molecule has 2 aliphatic heterocycles. The molecule has 0 aliphatic carbocycles. The highest BCUT2D eigenvalue weighted by Gasteiger charge is 2.53. The first-order valence-electron chi connectivity index (χ1n) is 11.0. The molecule has 2 aliphatic rings. The number of amides is 1. The van der Waals surface area contributed by atoms with E-state index in [1.807, 2.05) is 0 Å². The fraction of sp³-hybridized carbons (Fsp3) is 0.292. The molecule has 3 heterocycles. The van der Waals surface area contributed by atoms with Gasteiger partial charge in [0, 0.05) is 42.9 Å². The maximum absolute atomic E-state index is 14.3. The lowest BCUT2D eigenvalue weighted by Crippen LogP contribution is -2.53. The van der Waals surface area contributed by atoms with Crippen molar-refractivity contribution in [2.45, 2.75) is 38.3 Å². The van der Waals surface area contributed by atoms with Crippen molar-refractivity contribution in [1.29, 1.82) is 0 Å². The standard InChI is InChI=1S/C24H19F3N4O4/c1-2-35-20(33)8-10-24-9-7-19(32)30(24)18-12-17(27)16(26)11-15(18)22-28-23(34)21(29-31(22)24)13-3-5-14(25)6-4-13/h3-6,11-12H,2,7-10H2,1H3/t24-/m1/s1. The number of ether oxygens (including phenoxy) is 1. The number of halogens is 3. The minimum atomic E-state index is -1.31.